The molecule has 0 amide bonds. The molecule has 0 bridgehead atoms. The third-order valence-corrected chi connectivity index (χ3v) is 3.89. The second-order valence-electron chi connectivity index (χ2n) is 4.41. The highest BCUT2D eigenvalue weighted by atomic mass is 32.1. The van der Waals surface area contributed by atoms with E-state index in [0.29, 0.717) is 12.0 Å². The SMILES string of the molecule is C[C@@H]1CC(N)=N[C@H]1CCNCc1cccs1. The van der Waals surface area contributed by atoms with Crippen LogP contribution in [0.1, 0.15) is 24.6 Å². The molecule has 0 aromatic carbocycles. The third kappa shape index (κ3) is 3.06. The van der Waals surface area contributed by atoms with Gasteiger partial charge < -0.3 is 11.1 Å². The second-order valence-corrected chi connectivity index (χ2v) is 5.45. The molecule has 0 spiro atoms. The Kier molecular flexibility index (Phi) is 3.96. The fourth-order valence-corrected chi connectivity index (χ4v) is 2.76. The maximum Gasteiger partial charge on any atom is 0.0944 e. The molecule has 1 aliphatic rings. The summed E-state index contributed by atoms with van der Waals surface area (Å²) in [7, 11) is 0. The van der Waals surface area contributed by atoms with Crippen molar-refractivity contribution in [1.82, 2.24) is 5.32 Å². The third-order valence-electron chi connectivity index (χ3n) is 3.02. The standard InChI is InChI=1S/C12H19N3S/c1-9-7-12(13)15-11(9)4-5-14-8-10-3-2-6-16-10/h2-3,6,9,11,14H,4-5,7-8H2,1H3,(H2,13,15)/t9-,11+/m1/s1. The van der Waals surface area contributed by atoms with Gasteiger partial charge in [0.25, 0.3) is 0 Å². The number of nitrogens with two attached hydrogens (primary N) is 1. The van der Waals surface area contributed by atoms with E-state index in [1.54, 1.807) is 11.3 Å². The first-order chi connectivity index (χ1) is 7.75. The molecule has 1 aromatic rings. The molecule has 3 nitrogen and oxygen atoms in total. The van der Waals surface area contributed by atoms with Crippen LogP contribution >= 0.6 is 11.3 Å². The van der Waals surface area contributed by atoms with Gasteiger partial charge in [0.1, 0.15) is 0 Å². The van der Waals surface area contributed by atoms with Crippen LogP contribution in [-0.4, -0.2) is 18.4 Å². The molecule has 2 atom stereocenters. The monoisotopic (exact) mass is 237 g/mol. The van der Waals surface area contributed by atoms with E-state index < -0.39 is 0 Å². The molecule has 0 unspecified atom stereocenters. The summed E-state index contributed by atoms with van der Waals surface area (Å²) >= 11 is 1.80. The summed E-state index contributed by atoms with van der Waals surface area (Å²) in [6.07, 6.45) is 2.06. The van der Waals surface area contributed by atoms with Gasteiger partial charge in [0.2, 0.25) is 0 Å². The maximum atomic E-state index is 5.73. The van der Waals surface area contributed by atoms with Crippen LogP contribution in [0.3, 0.4) is 0 Å². The van der Waals surface area contributed by atoms with Crippen LogP contribution in [0.15, 0.2) is 22.5 Å². The van der Waals surface area contributed by atoms with Crippen molar-refractivity contribution in [2.75, 3.05) is 6.54 Å². The van der Waals surface area contributed by atoms with Gasteiger partial charge in [-0.25, -0.2) is 0 Å². The lowest BCUT2D eigenvalue weighted by Crippen LogP contribution is -2.21. The van der Waals surface area contributed by atoms with Crippen molar-refractivity contribution in [3.8, 4) is 0 Å². The molecule has 1 aliphatic heterocycles. The summed E-state index contributed by atoms with van der Waals surface area (Å²) < 4.78 is 0. The molecule has 0 radical (unpaired) electrons. The lowest BCUT2D eigenvalue weighted by Gasteiger charge is -2.12. The maximum absolute atomic E-state index is 5.73. The summed E-state index contributed by atoms with van der Waals surface area (Å²) in [4.78, 5) is 5.85. The molecular formula is C12H19N3S. The zero-order valence-electron chi connectivity index (χ0n) is 9.65. The van der Waals surface area contributed by atoms with Crippen LogP contribution in [0, 0.1) is 5.92 Å². The fourth-order valence-electron chi connectivity index (χ4n) is 2.08. The predicted molar refractivity (Wildman–Crippen MR) is 69.8 cm³/mol. The minimum Gasteiger partial charge on any atom is -0.387 e. The van der Waals surface area contributed by atoms with Crippen LogP contribution in [0.5, 0.6) is 0 Å². The highest BCUT2D eigenvalue weighted by Crippen LogP contribution is 2.21. The van der Waals surface area contributed by atoms with E-state index >= 15 is 0 Å². The van der Waals surface area contributed by atoms with Crippen LogP contribution < -0.4 is 11.1 Å². The van der Waals surface area contributed by atoms with Gasteiger partial charge in [-0.05, 0) is 30.3 Å². The minimum absolute atomic E-state index is 0.427. The molecule has 0 saturated carbocycles. The van der Waals surface area contributed by atoms with Crippen LogP contribution in [0.4, 0.5) is 0 Å². The Labute approximate surface area is 101 Å². The zero-order valence-corrected chi connectivity index (χ0v) is 10.5. The van der Waals surface area contributed by atoms with Crippen LogP contribution in [0.2, 0.25) is 0 Å². The first-order valence-corrected chi connectivity index (χ1v) is 6.69. The average Bonchev–Trinajstić information content (AvgIpc) is 2.84. The van der Waals surface area contributed by atoms with Crippen molar-refractivity contribution >= 4 is 17.2 Å². The van der Waals surface area contributed by atoms with Crippen molar-refractivity contribution in [1.29, 1.82) is 0 Å². The Balaban J connectivity index is 1.65. The van der Waals surface area contributed by atoms with E-state index in [4.69, 9.17) is 5.73 Å². The van der Waals surface area contributed by atoms with E-state index in [-0.39, 0.29) is 0 Å². The lowest BCUT2D eigenvalue weighted by atomic mass is 9.99. The Morgan fingerprint density at radius 3 is 3.12 bits per heavy atom. The van der Waals surface area contributed by atoms with Crippen LogP contribution in [-0.2, 0) is 6.54 Å². The van der Waals surface area contributed by atoms with E-state index in [1.807, 2.05) is 0 Å². The number of nitrogens with one attached hydrogen (secondary N) is 1. The molecule has 88 valence electrons. The van der Waals surface area contributed by atoms with Gasteiger partial charge in [0.05, 0.1) is 11.9 Å². The number of aliphatic imine (C=N–C) groups is 1. The molecule has 0 aliphatic carbocycles. The quantitative estimate of drug-likeness (QED) is 0.770. The van der Waals surface area contributed by atoms with E-state index in [2.05, 4.69) is 34.7 Å². The number of rotatable bonds is 5. The number of hydrogen-bond acceptors (Lipinski definition) is 4. The van der Waals surface area contributed by atoms with Crippen LogP contribution in [0.25, 0.3) is 0 Å². The first-order valence-electron chi connectivity index (χ1n) is 5.81. The van der Waals surface area contributed by atoms with Crippen molar-refractivity contribution < 1.29 is 0 Å². The normalized spacial score (nSPS) is 24.7. The first kappa shape index (κ1) is 11.6. The van der Waals surface area contributed by atoms with Crippen molar-refractivity contribution in [2.24, 2.45) is 16.6 Å². The zero-order chi connectivity index (χ0) is 11.4. The van der Waals surface area contributed by atoms with Gasteiger partial charge in [-0.2, -0.15) is 0 Å². The number of hydrogen-bond donors (Lipinski definition) is 2. The Morgan fingerprint density at radius 1 is 1.62 bits per heavy atom. The smallest absolute Gasteiger partial charge is 0.0944 e. The molecular weight excluding hydrogens is 218 g/mol. The van der Waals surface area contributed by atoms with Crippen molar-refractivity contribution in [2.45, 2.75) is 32.4 Å². The predicted octanol–water partition coefficient (Wildman–Crippen LogP) is 1.99. The van der Waals surface area contributed by atoms with Gasteiger partial charge >= 0.3 is 0 Å². The molecule has 2 heterocycles. The number of thiophene rings is 1. The van der Waals surface area contributed by atoms with Gasteiger partial charge in [-0.15, -0.1) is 11.3 Å². The van der Waals surface area contributed by atoms with Gasteiger partial charge in [-0.1, -0.05) is 13.0 Å². The summed E-state index contributed by atoms with van der Waals surface area (Å²) in [5.74, 6) is 1.44. The van der Waals surface area contributed by atoms with Gasteiger partial charge in [0.15, 0.2) is 0 Å². The fraction of sp³-hybridized carbons (Fsp3) is 0.583. The molecule has 16 heavy (non-hydrogen) atoms. The molecule has 2 rings (SSSR count). The molecule has 3 N–H and O–H groups in total. The van der Waals surface area contributed by atoms with Gasteiger partial charge in [-0.3, -0.25) is 4.99 Å². The Morgan fingerprint density at radius 2 is 2.50 bits per heavy atom. The molecule has 1 aromatic heterocycles. The molecule has 0 fully saturated rings. The average molecular weight is 237 g/mol. The lowest BCUT2D eigenvalue weighted by molar-refractivity contribution is 0.460. The number of amidine groups is 1. The summed E-state index contributed by atoms with van der Waals surface area (Å²) in [5.41, 5.74) is 5.73. The Hall–Kier alpha value is -0.870. The second kappa shape index (κ2) is 5.46. The largest absolute Gasteiger partial charge is 0.387 e. The molecule has 0 saturated heterocycles. The van der Waals surface area contributed by atoms with E-state index in [9.17, 15) is 0 Å². The Bertz CT molecular complexity index is 345. The topological polar surface area (TPSA) is 50.4 Å². The van der Waals surface area contributed by atoms with Crippen molar-refractivity contribution in [3.63, 3.8) is 0 Å². The summed E-state index contributed by atoms with van der Waals surface area (Å²) in [6, 6.07) is 4.67. The number of nitrogens with zero attached hydrogens (tertiary/aromatic N) is 1. The minimum atomic E-state index is 0.427. The van der Waals surface area contributed by atoms with Crippen molar-refractivity contribution in [3.05, 3.63) is 22.4 Å². The molecule has 4 heteroatoms. The highest BCUT2D eigenvalue weighted by molar-refractivity contribution is 7.09. The van der Waals surface area contributed by atoms with E-state index in [0.717, 1.165) is 31.8 Å². The van der Waals surface area contributed by atoms with Gasteiger partial charge in [0, 0.05) is 17.8 Å². The summed E-state index contributed by atoms with van der Waals surface area (Å²) in [5, 5.41) is 5.56. The summed E-state index contributed by atoms with van der Waals surface area (Å²) in [6.45, 7) is 4.22. The van der Waals surface area contributed by atoms with E-state index in [1.165, 1.54) is 4.88 Å². The highest BCUT2D eigenvalue weighted by Gasteiger charge is 2.23.